The normalized spacial score (nSPS) is 24.8. The lowest BCUT2D eigenvalue weighted by Crippen LogP contribution is -2.41. The molecule has 0 saturated carbocycles. The van der Waals surface area contributed by atoms with Gasteiger partial charge in [0.2, 0.25) is 0 Å². The minimum absolute atomic E-state index is 0.136. The molecule has 0 aliphatic carbocycles. The first-order chi connectivity index (χ1) is 12.0. The third-order valence-electron chi connectivity index (χ3n) is 6.04. The first-order valence-electron chi connectivity index (χ1n) is 9.47. The molecule has 1 aromatic rings. The highest BCUT2D eigenvalue weighted by atomic mass is 19.1. The van der Waals surface area contributed by atoms with E-state index in [-0.39, 0.29) is 11.5 Å². The van der Waals surface area contributed by atoms with Crippen molar-refractivity contribution in [2.24, 2.45) is 5.92 Å². The van der Waals surface area contributed by atoms with Crippen molar-refractivity contribution in [3.05, 3.63) is 29.1 Å². The predicted molar refractivity (Wildman–Crippen MR) is 101 cm³/mol. The molecule has 2 aliphatic rings. The zero-order chi connectivity index (χ0) is 19.3. The maximum absolute atomic E-state index is 14.8. The van der Waals surface area contributed by atoms with Gasteiger partial charge in [-0.05, 0) is 71.0 Å². The van der Waals surface area contributed by atoms with E-state index in [0.29, 0.717) is 24.5 Å². The van der Waals surface area contributed by atoms with Gasteiger partial charge in [0, 0.05) is 13.1 Å². The molecule has 142 valence electrons. The SMILES string of the molecule is Cc1cc(C(=O)N2CCCC(C)C2)c(F)cc1B1OC(C)(C)C(C)(C)O1. The van der Waals surface area contributed by atoms with E-state index in [0.717, 1.165) is 18.4 Å². The lowest BCUT2D eigenvalue weighted by molar-refractivity contribution is 0.00578. The molecule has 3 rings (SSSR count). The van der Waals surface area contributed by atoms with Gasteiger partial charge in [0.15, 0.2) is 0 Å². The van der Waals surface area contributed by atoms with Crippen LogP contribution in [0.25, 0.3) is 0 Å². The Bertz CT molecular complexity index is 703. The van der Waals surface area contributed by atoms with Gasteiger partial charge in [-0.3, -0.25) is 4.79 Å². The Morgan fingerprint density at radius 1 is 1.23 bits per heavy atom. The second kappa shape index (κ2) is 6.64. The van der Waals surface area contributed by atoms with Crippen LogP contribution < -0.4 is 5.46 Å². The van der Waals surface area contributed by atoms with Crippen molar-refractivity contribution in [1.29, 1.82) is 0 Å². The Balaban J connectivity index is 1.86. The van der Waals surface area contributed by atoms with E-state index in [2.05, 4.69) is 6.92 Å². The number of hydrogen-bond acceptors (Lipinski definition) is 3. The van der Waals surface area contributed by atoms with Crippen LogP contribution in [0.3, 0.4) is 0 Å². The van der Waals surface area contributed by atoms with Crippen LogP contribution in [-0.2, 0) is 9.31 Å². The summed E-state index contributed by atoms with van der Waals surface area (Å²) in [5.74, 6) is -0.276. The summed E-state index contributed by atoms with van der Waals surface area (Å²) < 4.78 is 26.9. The number of halogens is 1. The highest BCUT2D eigenvalue weighted by Gasteiger charge is 2.52. The van der Waals surface area contributed by atoms with E-state index in [9.17, 15) is 9.18 Å². The fourth-order valence-electron chi connectivity index (χ4n) is 3.63. The summed E-state index contributed by atoms with van der Waals surface area (Å²) in [6.45, 7) is 13.2. The number of carbonyl (C=O) groups is 1. The van der Waals surface area contributed by atoms with Crippen molar-refractivity contribution < 1.29 is 18.5 Å². The van der Waals surface area contributed by atoms with Gasteiger partial charge in [0.25, 0.3) is 5.91 Å². The van der Waals surface area contributed by atoms with Crippen molar-refractivity contribution in [1.82, 2.24) is 4.90 Å². The molecule has 6 heteroatoms. The smallest absolute Gasteiger partial charge is 0.399 e. The molecule has 0 aromatic heterocycles. The predicted octanol–water partition coefficient (Wildman–Crippen LogP) is 3.31. The molecule has 26 heavy (non-hydrogen) atoms. The first kappa shape index (κ1) is 19.4. The molecule has 0 bridgehead atoms. The number of amides is 1. The van der Waals surface area contributed by atoms with Gasteiger partial charge in [0.1, 0.15) is 5.82 Å². The first-order valence-corrected chi connectivity index (χ1v) is 9.47. The Hall–Kier alpha value is -1.40. The summed E-state index contributed by atoms with van der Waals surface area (Å²) in [6.07, 6.45) is 2.09. The lowest BCUT2D eigenvalue weighted by atomic mass is 9.75. The van der Waals surface area contributed by atoms with E-state index in [1.807, 2.05) is 34.6 Å². The Kier molecular flexibility index (Phi) is 4.95. The van der Waals surface area contributed by atoms with Crippen molar-refractivity contribution >= 4 is 18.5 Å². The average Bonchev–Trinajstić information content (AvgIpc) is 2.76. The molecule has 1 unspecified atom stereocenters. The number of carbonyl (C=O) groups excluding carboxylic acids is 1. The van der Waals surface area contributed by atoms with Gasteiger partial charge in [-0.15, -0.1) is 0 Å². The highest BCUT2D eigenvalue weighted by molar-refractivity contribution is 6.62. The zero-order valence-corrected chi connectivity index (χ0v) is 16.7. The Morgan fingerprint density at radius 2 is 1.85 bits per heavy atom. The van der Waals surface area contributed by atoms with Crippen LogP contribution in [0.5, 0.6) is 0 Å². The maximum Gasteiger partial charge on any atom is 0.495 e. The van der Waals surface area contributed by atoms with Crippen molar-refractivity contribution in [3.63, 3.8) is 0 Å². The quantitative estimate of drug-likeness (QED) is 0.759. The van der Waals surface area contributed by atoms with Gasteiger partial charge < -0.3 is 14.2 Å². The monoisotopic (exact) mass is 361 g/mol. The molecule has 1 atom stereocenters. The summed E-state index contributed by atoms with van der Waals surface area (Å²) in [7, 11) is -0.631. The van der Waals surface area contributed by atoms with Gasteiger partial charge in [0.05, 0.1) is 16.8 Å². The molecule has 1 aromatic carbocycles. The van der Waals surface area contributed by atoms with Crippen molar-refractivity contribution in [3.8, 4) is 0 Å². The number of piperidine rings is 1. The molecular formula is C20H29BFNO3. The number of benzene rings is 1. The van der Waals surface area contributed by atoms with Crippen LogP contribution in [0.1, 0.15) is 63.4 Å². The summed E-state index contributed by atoms with van der Waals surface area (Å²) in [5.41, 5.74) is 0.609. The molecule has 2 aliphatic heterocycles. The van der Waals surface area contributed by atoms with Crippen LogP contribution in [0, 0.1) is 18.7 Å². The fourth-order valence-corrected chi connectivity index (χ4v) is 3.63. The molecular weight excluding hydrogens is 332 g/mol. The van der Waals surface area contributed by atoms with Crippen LogP contribution in [0.4, 0.5) is 4.39 Å². The molecule has 1 amide bonds. The molecule has 0 spiro atoms. The number of hydrogen-bond donors (Lipinski definition) is 0. The van der Waals surface area contributed by atoms with Crippen LogP contribution >= 0.6 is 0 Å². The van der Waals surface area contributed by atoms with Crippen molar-refractivity contribution in [2.45, 2.75) is 65.6 Å². The summed E-state index contributed by atoms with van der Waals surface area (Å²) in [6, 6.07) is 3.04. The van der Waals surface area contributed by atoms with E-state index in [4.69, 9.17) is 9.31 Å². The van der Waals surface area contributed by atoms with Crippen LogP contribution in [0.2, 0.25) is 0 Å². The summed E-state index contributed by atoms with van der Waals surface area (Å²) >= 11 is 0. The largest absolute Gasteiger partial charge is 0.495 e. The van der Waals surface area contributed by atoms with E-state index in [1.54, 1.807) is 11.0 Å². The molecule has 2 fully saturated rings. The van der Waals surface area contributed by atoms with E-state index < -0.39 is 24.1 Å². The number of likely N-dealkylation sites (tertiary alicyclic amines) is 1. The number of nitrogens with zero attached hydrogens (tertiary/aromatic N) is 1. The van der Waals surface area contributed by atoms with E-state index in [1.165, 1.54) is 6.07 Å². The number of aryl methyl sites for hydroxylation is 1. The van der Waals surface area contributed by atoms with Gasteiger partial charge >= 0.3 is 7.12 Å². The molecule has 2 heterocycles. The minimum Gasteiger partial charge on any atom is -0.399 e. The maximum atomic E-state index is 14.8. The highest BCUT2D eigenvalue weighted by Crippen LogP contribution is 2.36. The molecule has 0 N–H and O–H groups in total. The van der Waals surface area contributed by atoms with Crippen molar-refractivity contribution in [2.75, 3.05) is 13.1 Å². The topological polar surface area (TPSA) is 38.8 Å². The second-order valence-corrected chi connectivity index (χ2v) is 8.78. The molecule has 0 radical (unpaired) electrons. The molecule has 4 nitrogen and oxygen atoms in total. The number of rotatable bonds is 2. The minimum atomic E-state index is -0.631. The zero-order valence-electron chi connectivity index (χ0n) is 16.7. The van der Waals surface area contributed by atoms with Gasteiger partial charge in [-0.25, -0.2) is 4.39 Å². The van der Waals surface area contributed by atoms with E-state index >= 15 is 0 Å². The van der Waals surface area contributed by atoms with Gasteiger partial charge in [-0.2, -0.15) is 0 Å². The third kappa shape index (κ3) is 3.41. The second-order valence-electron chi connectivity index (χ2n) is 8.78. The van der Waals surface area contributed by atoms with Gasteiger partial charge in [-0.1, -0.05) is 12.5 Å². The molecule has 2 saturated heterocycles. The summed E-state index contributed by atoms with van der Waals surface area (Å²) in [4.78, 5) is 14.5. The Labute approximate surface area is 156 Å². The van der Waals surface area contributed by atoms with Crippen LogP contribution in [0.15, 0.2) is 12.1 Å². The Morgan fingerprint density at radius 3 is 2.42 bits per heavy atom. The summed E-state index contributed by atoms with van der Waals surface area (Å²) in [5, 5.41) is 0. The fraction of sp³-hybridized carbons (Fsp3) is 0.650. The standard InChI is InChI=1S/C20H29BFNO3/c1-13-8-7-9-23(12-13)18(24)15-10-14(2)16(11-17(15)22)21-25-19(3,4)20(5,6)26-21/h10-11,13H,7-9,12H2,1-6H3. The lowest BCUT2D eigenvalue weighted by Gasteiger charge is -2.32. The van der Waals surface area contributed by atoms with Crippen LogP contribution in [-0.4, -0.2) is 42.2 Å². The average molecular weight is 361 g/mol. The third-order valence-corrected chi connectivity index (χ3v) is 6.04.